The Morgan fingerprint density at radius 1 is 1.03 bits per heavy atom. The zero-order valence-electron chi connectivity index (χ0n) is 18.8. The second-order valence-electron chi connectivity index (χ2n) is 7.94. The van der Waals surface area contributed by atoms with Crippen LogP contribution in [0, 0.1) is 0 Å². The molecule has 0 saturated carbocycles. The molecule has 0 aromatic heterocycles. The van der Waals surface area contributed by atoms with Gasteiger partial charge in [0.15, 0.2) is 11.5 Å². The molecule has 1 aliphatic heterocycles. The SMILES string of the molecule is COc1cc(NC(=O)C=C(C)C)ccc1OCCCN1CCN(c2ccccc2)CC1. The van der Waals surface area contributed by atoms with Crippen molar-refractivity contribution >= 4 is 17.3 Å². The lowest BCUT2D eigenvalue weighted by molar-refractivity contribution is -0.111. The maximum absolute atomic E-state index is 11.9. The number of anilines is 2. The molecule has 1 fully saturated rings. The van der Waals surface area contributed by atoms with Crippen LogP contribution in [-0.4, -0.2) is 57.2 Å². The Bertz CT molecular complexity index is 871. The van der Waals surface area contributed by atoms with Crippen LogP contribution < -0.4 is 19.7 Å². The van der Waals surface area contributed by atoms with Gasteiger partial charge in [-0.2, -0.15) is 0 Å². The third-order valence-corrected chi connectivity index (χ3v) is 5.22. The number of allylic oxidation sites excluding steroid dienone is 1. The van der Waals surface area contributed by atoms with Gasteiger partial charge in [0.2, 0.25) is 5.91 Å². The summed E-state index contributed by atoms with van der Waals surface area (Å²) >= 11 is 0. The fraction of sp³-hybridized carbons (Fsp3) is 0.400. The summed E-state index contributed by atoms with van der Waals surface area (Å²) in [5.41, 5.74) is 2.94. The van der Waals surface area contributed by atoms with Gasteiger partial charge in [0.1, 0.15) is 0 Å². The maximum Gasteiger partial charge on any atom is 0.248 e. The van der Waals surface area contributed by atoms with E-state index in [1.54, 1.807) is 19.3 Å². The Morgan fingerprint density at radius 3 is 2.45 bits per heavy atom. The number of carbonyl (C=O) groups is 1. The number of nitrogens with zero attached hydrogens (tertiary/aromatic N) is 2. The minimum absolute atomic E-state index is 0.150. The highest BCUT2D eigenvalue weighted by atomic mass is 16.5. The van der Waals surface area contributed by atoms with Crippen molar-refractivity contribution in [3.05, 3.63) is 60.2 Å². The predicted octanol–water partition coefficient (Wildman–Crippen LogP) is 4.19. The number of carbonyl (C=O) groups excluding carboxylic acids is 1. The van der Waals surface area contributed by atoms with Crippen LogP contribution in [0.5, 0.6) is 11.5 Å². The van der Waals surface area contributed by atoms with Crippen molar-refractivity contribution in [3.63, 3.8) is 0 Å². The van der Waals surface area contributed by atoms with Crippen molar-refractivity contribution in [2.75, 3.05) is 56.7 Å². The Kier molecular flexibility index (Phi) is 8.35. The number of hydrogen-bond donors (Lipinski definition) is 1. The fourth-order valence-corrected chi connectivity index (χ4v) is 3.64. The smallest absolute Gasteiger partial charge is 0.248 e. The van der Waals surface area contributed by atoms with Gasteiger partial charge in [-0.1, -0.05) is 23.8 Å². The van der Waals surface area contributed by atoms with E-state index in [-0.39, 0.29) is 5.91 Å². The van der Waals surface area contributed by atoms with E-state index in [9.17, 15) is 4.79 Å². The molecule has 3 rings (SSSR count). The number of benzene rings is 2. The highest BCUT2D eigenvalue weighted by Crippen LogP contribution is 2.30. The number of piperazine rings is 1. The normalized spacial score (nSPS) is 14.1. The molecule has 0 radical (unpaired) electrons. The first-order valence-electron chi connectivity index (χ1n) is 10.8. The largest absolute Gasteiger partial charge is 0.493 e. The molecule has 0 spiro atoms. The molecule has 2 aromatic carbocycles. The van der Waals surface area contributed by atoms with E-state index in [0.717, 1.165) is 44.7 Å². The summed E-state index contributed by atoms with van der Waals surface area (Å²) in [6.45, 7) is 9.66. The van der Waals surface area contributed by atoms with E-state index < -0.39 is 0 Å². The Balaban J connectivity index is 1.41. The molecule has 0 bridgehead atoms. The topological polar surface area (TPSA) is 54.0 Å². The van der Waals surface area contributed by atoms with Crippen LogP contribution in [0.4, 0.5) is 11.4 Å². The van der Waals surface area contributed by atoms with Crippen LogP contribution in [0.1, 0.15) is 20.3 Å². The van der Waals surface area contributed by atoms with Crippen molar-refractivity contribution in [3.8, 4) is 11.5 Å². The average molecular weight is 424 g/mol. The Morgan fingerprint density at radius 2 is 1.77 bits per heavy atom. The lowest BCUT2D eigenvalue weighted by atomic mass is 10.2. The first-order valence-corrected chi connectivity index (χ1v) is 10.8. The van der Waals surface area contributed by atoms with Gasteiger partial charge in [0, 0.05) is 56.2 Å². The number of rotatable bonds is 9. The molecule has 0 aliphatic carbocycles. The average Bonchev–Trinajstić information content (AvgIpc) is 2.77. The molecule has 6 nitrogen and oxygen atoms in total. The van der Waals surface area contributed by atoms with E-state index in [2.05, 4.69) is 45.4 Å². The summed E-state index contributed by atoms with van der Waals surface area (Å²) in [6.07, 6.45) is 2.52. The van der Waals surface area contributed by atoms with Gasteiger partial charge in [0.05, 0.1) is 13.7 Å². The second-order valence-corrected chi connectivity index (χ2v) is 7.94. The van der Waals surface area contributed by atoms with Crippen LogP contribution in [-0.2, 0) is 4.79 Å². The standard InChI is InChI=1S/C25H33N3O3/c1-20(2)18-25(29)26-21-10-11-23(24(19-21)30-3)31-17-7-12-27-13-15-28(16-14-27)22-8-5-4-6-9-22/h4-6,8-11,18-19H,7,12-17H2,1-3H3,(H,26,29). The number of methoxy groups -OCH3 is 1. The fourth-order valence-electron chi connectivity index (χ4n) is 3.64. The monoisotopic (exact) mass is 423 g/mol. The van der Waals surface area contributed by atoms with E-state index in [1.165, 1.54) is 5.69 Å². The highest BCUT2D eigenvalue weighted by Gasteiger charge is 2.16. The summed E-state index contributed by atoms with van der Waals surface area (Å²) in [5.74, 6) is 1.16. The zero-order chi connectivity index (χ0) is 22.1. The van der Waals surface area contributed by atoms with Gasteiger partial charge in [-0.25, -0.2) is 0 Å². The first kappa shape index (κ1) is 22.7. The number of nitrogens with one attached hydrogen (secondary N) is 1. The van der Waals surface area contributed by atoms with Crippen molar-refractivity contribution in [2.24, 2.45) is 0 Å². The van der Waals surface area contributed by atoms with Crippen LogP contribution in [0.2, 0.25) is 0 Å². The quantitative estimate of drug-likeness (QED) is 0.484. The van der Waals surface area contributed by atoms with Crippen LogP contribution in [0.3, 0.4) is 0 Å². The number of ether oxygens (including phenoxy) is 2. The zero-order valence-corrected chi connectivity index (χ0v) is 18.8. The molecule has 0 unspecified atom stereocenters. The molecule has 31 heavy (non-hydrogen) atoms. The number of hydrogen-bond acceptors (Lipinski definition) is 5. The molecule has 2 aromatic rings. The molecule has 1 aliphatic rings. The van der Waals surface area contributed by atoms with Crippen molar-refractivity contribution < 1.29 is 14.3 Å². The van der Waals surface area contributed by atoms with Crippen LogP contribution >= 0.6 is 0 Å². The molecule has 0 atom stereocenters. The molecule has 1 saturated heterocycles. The van der Waals surface area contributed by atoms with Gasteiger partial charge in [-0.05, 0) is 44.5 Å². The lowest BCUT2D eigenvalue weighted by Gasteiger charge is -2.36. The van der Waals surface area contributed by atoms with Gasteiger partial charge in [0.25, 0.3) is 0 Å². The third-order valence-electron chi connectivity index (χ3n) is 5.22. The molecule has 1 N–H and O–H groups in total. The first-order chi connectivity index (χ1) is 15.0. The van der Waals surface area contributed by atoms with Crippen LogP contribution in [0.25, 0.3) is 0 Å². The van der Waals surface area contributed by atoms with Crippen molar-refractivity contribution in [1.29, 1.82) is 0 Å². The molecule has 6 heteroatoms. The molecule has 1 heterocycles. The van der Waals surface area contributed by atoms with E-state index >= 15 is 0 Å². The Hall–Kier alpha value is -2.99. The van der Waals surface area contributed by atoms with Gasteiger partial charge in [-0.3, -0.25) is 9.69 Å². The summed E-state index contributed by atoms with van der Waals surface area (Å²) in [4.78, 5) is 16.8. The summed E-state index contributed by atoms with van der Waals surface area (Å²) in [5, 5.41) is 2.84. The lowest BCUT2D eigenvalue weighted by Crippen LogP contribution is -2.46. The summed E-state index contributed by atoms with van der Waals surface area (Å²) < 4.78 is 11.4. The second kappa shape index (κ2) is 11.4. The van der Waals surface area contributed by atoms with Crippen LogP contribution in [0.15, 0.2) is 60.2 Å². The van der Waals surface area contributed by atoms with Gasteiger partial charge in [-0.15, -0.1) is 0 Å². The highest BCUT2D eigenvalue weighted by molar-refractivity contribution is 5.99. The predicted molar refractivity (Wildman–Crippen MR) is 126 cm³/mol. The van der Waals surface area contributed by atoms with Gasteiger partial charge >= 0.3 is 0 Å². The summed E-state index contributed by atoms with van der Waals surface area (Å²) in [7, 11) is 1.61. The molecule has 166 valence electrons. The van der Waals surface area contributed by atoms with Gasteiger partial charge < -0.3 is 19.7 Å². The minimum Gasteiger partial charge on any atom is -0.493 e. The maximum atomic E-state index is 11.9. The van der Waals surface area contributed by atoms with E-state index in [4.69, 9.17) is 9.47 Å². The minimum atomic E-state index is -0.150. The van der Waals surface area contributed by atoms with Crippen molar-refractivity contribution in [2.45, 2.75) is 20.3 Å². The number of amides is 1. The molecule has 1 amide bonds. The number of para-hydroxylation sites is 1. The molecular formula is C25H33N3O3. The third kappa shape index (κ3) is 7.03. The van der Waals surface area contributed by atoms with E-state index in [1.807, 2.05) is 26.0 Å². The molecular weight excluding hydrogens is 390 g/mol. The Labute approximate surface area is 185 Å². The van der Waals surface area contributed by atoms with E-state index in [0.29, 0.717) is 23.8 Å². The summed E-state index contributed by atoms with van der Waals surface area (Å²) in [6, 6.07) is 16.1. The van der Waals surface area contributed by atoms with Crippen molar-refractivity contribution in [1.82, 2.24) is 4.90 Å².